The van der Waals surface area contributed by atoms with Crippen LogP contribution in [0.25, 0.3) is 0 Å². The van der Waals surface area contributed by atoms with Crippen molar-refractivity contribution in [2.45, 2.75) is 38.8 Å². The first-order chi connectivity index (χ1) is 9.99. The van der Waals surface area contributed by atoms with Gasteiger partial charge in [-0.3, -0.25) is 9.69 Å². The molecule has 21 heavy (non-hydrogen) atoms. The molecule has 5 nitrogen and oxygen atoms in total. The Balaban J connectivity index is 3.06. The molecule has 0 saturated heterocycles. The lowest BCUT2D eigenvalue weighted by Gasteiger charge is -2.34. The summed E-state index contributed by atoms with van der Waals surface area (Å²) in [5.74, 6) is 0.451. The third-order valence-corrected chi connectivity index (χ3v) is 3.48. The van der Waals surface area contributed by atoms with Gasteiger partial charge >= 0.3 is 0 Å². The van der Waals surface area contributed by atoms with Crippen molar-refractivity contribution in [3.63, 3.8) is 0 Å². The minimum atomic E-state index is -0.334. The summed E-state index contributed by atoms with van der Waals surface area (Å²) in [6.07, 6.45) is 2.06. The van der Waals surface area contributed by atoms with Gasteiger partial charge < -0.3 is 16.2 Å². The Bertz CT molecular complexity index is 449. The predicted molar refractivity (Wildman–Crippen MR) is 85.1 cm³/mol. The van der Waals surface area contributed by atoms with Crippen molar-refractivity contribution in [1.29, 1.82) is 0 Å². The van der Waals surface area contributed by atoms with Gasteiger partial charge in [0.05, 0.1) is 19.7 Å². The largest absolute Gasteiger partial charge is 0.497 e. The van der Waals surface area contributed by atoms with Crippen LogP contribution in [-0.2, 0) is 4.79 Å². The van der Waals surface area contributed by atoms with E-state index >= 15 is 0 Å². The molecule has 0 saturated carbocycles. The van der Waals surface area contributed by atoms with Gasteiger partial charge in [-0.2, -0.15) is 0 Å². The number of methoxy groups -OCH3 is 1. The summed E-state index contributed by atoms with van der Waals surface area (Å²) in [6.45, 7) is 5.07. The molecule has 4 N–H and O–H groups in total. The monoisotopic (exact) mass is 293 g/mol. The minimum absolute atomic E-state index is 0.0563. The van der Waals surface area contributed by atoms with Crippen LogP contribution in [0.15, 0.2) is 24.3 Å². The lowest BCUT2D eigenvalue weighted by Crippen LogP contribution is -2.44. The molecule has 0 aliphatic heterocycles. The summed E-state index contributed by atoms with van der Waals surface area (Å²) in [5.41, 5.74) is 12.6. The molecule has 2 unspecified atom stereocenters. The zero-order valence-corrected chi connectivity index (χ0v) is 13.2. The van der Waals surface area contributed by atoms with Crippen LogP contribution in [0.4, 0.5) is 0 Å². The first-order valence-electron chi connectivity index (χ1n) is 7.41. The Labute approximate surface area is 127 Å². The van der Waals surface area contributed by atoms with Gasteiger partial charge in [-0.25, -0.2) is 0 Å². The molecule has 0 radical (unpaired) electrons. The highest BCUT2D eigenvalue weighted by atomic mass is 16.5. The van der Waals surface area contributed by atoms with Gasteiger partial charge in [0.15, 0.2) is 0 Å². The normalized spacial score (nSPS) is 14.0. The average Bonchev–Trinajstić information content (AvgIpc) is 2.44. The molecule has 0 aromatic heterocycles. The minimum Gasteiger partial charge on any atom is -0.497 e. The molecule has 118 valence electrons. The van der Waals surface area contributed by atoms with Gasteiger partial charge in [0.25, 0.3) is 0 Å². The van der Waals surface area contributed by atoms with Crippen LogP contribution >= 0.6 is 0 Å². The number of hydrogen-bond donors (Lipinski definition) is 2. The fraction of sp³-hybridized carbons (Fsp3) is 0.562. The molecule has 5 heteroatoms. The fourth-order valence-corrected chi connectivity index (χ4v) is 2.55. The Hall–Kier alpha value is -1.59. The van der Waals surface area contributed by atoms with Crippen molar-refractivity contribution in [3.05, 3.63) is 29.8 Å². The van der Waals surface area contributed by atoms with Crippen LogP contribution in [0.2, 0.25) is 0 Å². The van der Waals surface area contributed by atoms with E-state index in [9.17, 15) is 4.79 Å². The number of primary amides is 1. The Morgan fingerprint density at radius 3 is 2.67 bits per heavy atom. The smallest absolute Gasteiger partial charge is 0.231 e. The molecule has 0 bridgehead atoms. The maximum absolute atomic E-state index is 11.4. The second-order valence-electron chi connectivity index (χ2n) is 5.37. The molecule has 2 atom stereocenters. The summed E-state index contributed by atoms with van der Waals surface area (Å²) in [6, 6.07) is 7.63. The highest BCUT2D eigenvalue weighted by molar-refractivity contribution is 5.76. The highest BCUT2D eigenvalue weighted by Gasteiger charge is 2.25. The van der Waals surface area contributed by atoms with Crippen molar-refractivity contribution in [2.24, 2.45) is 11.5 Å². The molecule has 0 aliphatic rings. The zero-order valence-electron chi connectivity index (χ0n) is 13.2. The Kier molecular flexibility index (Phi) is 7.19. The number of rotatable bonds is 9. The molecule has 1 aromatic carbocycles. The maximum atomic E-state index is 11.4. The molecule has 1 rings (SSSR count). The SMILES string of the molecule is CCCCN(CC(N)=O)C(c1cccc(OC)c1)C(C)N. The van der Waals surface area contributed by atoms with E-state index in [0.717, 1.165) is 30.7 Å². The van der Waals surface area contributed by atoms with Crippen LogP contribution in [-0.4, -0.2) is 37.0 Å². The lowest BCUT2D eigenvalue weighted by atomic mass is 9.98. The van der Waals surface area contributed by atoms with Crippen LogP contribution in [0.1, 0.15) is 38.3 Å². The molecule has 1 aromatic rings. The van der Waals surface area contributed by atoms with Crippen molar-refractivity contribution in [3.8, 4) is 5.75 Å². The maximum Gasteiger partial charge on any atom is 0.231 e. The number of benzene rings is 1. The molecular formula is C16H27N3O2. The summed E-state index contributed by atoms with van der Waals surface area (Å²) in [7, 11) is 1.64. The zero-order chi connectivity index (χ0) is 15.8. The van der Waals surface area contributed by atoms with Gasteiger partial charge in [0.2, 0.25) is 5.91 Å². The number of nitrogens with two attached hydrogens (primary N) is 2. The van der Waals surface area contributed by atoms with Gasteiger partial charge in [0, 0.05) is 6.04 Å². The number of carbonyl (C=O) groups is 1. The van der Waals surface area contributed by atoms with E-state index in [2.05, 4.69) is 11.8 Å². The topological polar surface area (TPSA) is 81.6 Å². The first-order valence-corrected chi connectivity index (χ1v) is 7.41. The summed E-state index contributed by atoms with van der Waals surface area (Å²) >= 11 is 0. The van der Waals surface area contributed by atoms with Crippen molar-refractivity contribution in [1.82, 2.24) is 4.90 Å². The quantitative estimate of drug-likeness (QED) is 0.725. The average molecular weight is 293 g/mol. The standard InChI is InChI=1S/C16H27N3O2/c1-4-5-9-19(11-15(18)20)16(12(2)17)13-7-6-8-14(10-13)21-3/h6-8,10,12,16H,4-5,9,11,17H2,1-3H3,(H2,18,20). The summed E-state index contributed by atoms with van der Waals surface area (Å²) in [5, 5.41) is 0. The van der Waals surface area contributed by atoms with E-state index in [-0.39, 0.29) is 24.5 Å². The molecule has 1 amide bonds. The van der Waals surface area contributed by atoms with Crippen LogP contribution < -0.4 is 16.2 Å². The number of unbranched alkanes of at least 4 members (excludes halogenated alkanes) is 1. The van der Waals surface area contributed by atoms with E-state index in [4.69, 9.17) is 16.2 Å². The van der Waals surface area contributed by atoms with Gasteiger partial charge in [-0.1, -0.05) is 25.5 Å². The van der Waals surface area contributed by atoms with Crippen molar-refractivity contribution < 1.29 is 9.53 Å². The third-order valence-electron chi connectivity index (χ3n) is 3.48. The summed E-state index contributed by atoms with van der Waals surface area (Å²) < 4.78 is 5.28. The van der Waals surface area contributed by atoms with E-state index < -0.39 is 0 Å². The van der Waals surface area contributed by atoms with E-state index in [1.54, 1.807) is 7.11 Å². The molecular weight excluding hydrogens is 266 g/mol. The Morgan fingerprint density at radius 2 is 2.14 bits per heavy atom. The number of ether oxygens (including phenoxy) is 1. The first kappa shape index (κ1) is 17.5. The van der Waals surface area contributed by atoms with E-state index in [1.165, 1.54) is 0 Å². The molecule has 0 fully saturated rings. The number of carbonyl (C=O) groups excluding carboxylic acids is 1. The van der Waals surface area contributed by atoms with Crippen LogP contribution in [0, 0.1) is 0 Å². The van der Waals surface area contributed by atoms with Crippen LogP contribution in [0.5, 0.6) is 5.75 Å². The Morgan fingerprint density at radius 1 is 1.43 bits per heavy atom. The summed E-state index contributed by atoms with van der Waals surface area (Å²) in [4.78, 5) is 13.4. The second kappa shape index (κ2) is 8.64. The van der Waals surface area contributed by atoms with Gasteiger partial charge in [0.1, 0.15) is 5.75 Å². The second-order valence-corrected chi connectivity index (χ2v) is 5.37. The van der Waals surface area contributed by atoms with E-state index in [0.29, 0.717) is 0 Å². The predicted octanol–water partition coefficient (Wildman–Crippen LogP) is 1.67. The third kappa shape index (κ3) is 5.36. The number of amides is 1. The van der Waals surface area contributed by atoms with Crippen LogP contribution in [0.3, 0.4) is 0 Å². The van der Waals surface area contributed by atoms with Crippen molar-refractivity contribution >= 4 is 5.91 Å². The lowest BCUT2D eigenvalue weighted by molar-refractivity contribution is -0.119. The van der Waals surface area contributed by atoms with Crippen molar-refractivity contribution in [2.75, 3.05) is 20.2 Å². The number of hydrogen-bond acceptors (Lipinski definition) is 4. The molecule has 0 heterocycles. The molecule has 0 aliphatic carbocycles. The van der Waals surface area contributed by atoms with E-state index in [1.807, 2.05) is 31.2 Å². The van der Waals surface area contributed by atoms with Gasteiger partial charge in [-0.15, -0.1) is 0 Å². The molecule has 0 spiro atoms. The fourth-order valence-electron chi connectivity index (χ4n) is 2.55. The highest BCUT2D eigenvalue weighted by Crippen LogP contribution is 2.26. The van der Waals surface area contributed by atoms with Gasteiger partial charge in [-0.05, 0) is 37.6 Å². The number of nitrogens with zero attached hydrogens (tertiary/aromatic N) is 1.